The van der Waals surface area contributed by atoms with Gasteiger partial charge in [-0.1, -0.05) is 0 Å². The van der Waals surface area contributed by atoms with E-state index < -0.39 is 18.0 Å². The van der Waals surface area contributed by atoms with Gasteiger partial charge in [-0.05, 0) is 13.0 Å². The van der Waals surface area contributed by atoms with Crippen molar-refractivity contribution in [2.45, 2.75) is 19.5 Å². The second kappa shape index (κ2) is 5.32. The summed E-state index contributed by atoms with van der Waals surface area (Å²) in [5, 5.41) is 11.3. The maximum atomic E-state index is 11.1. The van der Waals surface area contributed by atoms with Crippen LogP contribution in [0.1, 0.15) is 23.0 Å². The number of ether oxygens (including phenoxy) is 1. The Labute approximate surface area is 92.2 Å². The van der Waals surface area contributed by atoms with Gasteiger partial charge < -0.3 is 14.3 Å². The molecule has 0 bridgehead atoms. The predicted octanol–water partition coefficient (Wildman–Crippen LogP) is 0.629. The topological polar surface area (TPSA) is 88.8 Å². The van der Waals surface area contributed by atoms with Crippen molar-refractivity contribution in [2.75, 3.05) is 7.11 Å². The highest BCUT2D eigenvalue weighted by Crippen LogP contribution is 2.08. The van der Waals surface area contributed by atoms with Gasteiger partial charge in [-0.25, -0.2) is 4.79 Å². The SMILES string of the molecule is COC(=O)c1coc(CNC(C)C(=O)O)c1. The lowest BCUT2D eigenvalue weighted by Gasteiger charge is -2.06. The van der Waals surface area contributed by atoms with E-state index in [-0.39, 0.29) is 6.54 Å². The summed E-state index contributed by atoms with van der Waals surface area (Å²) < 4.78 is 9.56. The first-order valence-electron chi connectivity index (χ1n) is 4.66. The fourth-order valence-electron chi connectivity index (χ4n) is 1.04. The largest absolute Gasteiger partial charge is 0.480 e. The molecule has 0 fully saturated rings. The number of esters is 1. The smallest absolute Gasteiger partial charge is 0.341 e. The Morgan fingerprint density at radius 1 is 1.62 bits per heavy atom. The van der Waals surface area contributed by atoms with E-state index in [9.17, 15) is 9.59 Å². The molecule has 0 radical (unpaired) electrons. The minimum Gasteiger partial charge on any atom is -0.480 e. The second-order valence-corrected chi connectivity index (χ2v) is 3.23. The van der Waals surface area contributed by atoms with E-state index in [2.05, 4.69) is 10.1 Å². The van der Waals surface area contributed by atoms with Gasteiger partial charge in [0.25, 0.3) is 0 Å². The first-order valence-corrected chi connectivity index (χ1v) is 4.66. The van der Waals surface area contributed by atoms with Crippen LogP contribution in [-0.2, 0) is 16.1 Å². The molecule has 1 aromatic heterocycles. The number of aliphatic carboxylic acids is 1. The van der Waals surface area contributed by atoms with Gasteiger partial charge in [0.2, 0.25) is 0 Å². The van der Waals surface area contributed by atoms with Crippen LogP contribution in [-0.4, -0.2) is 30.2 Å². The highest BCUT2D eigenvalue weighted by molar-refractivity contribution is 5.88. The van der Waals surface area contributed by atoms with Crippen LogP contribution in [0.5, 0.6) is 0 Å². The molecule has 6 nitrogen and oxygen atoms in total. The summed E-state index contributed by atoms with van der Waals surface area (Å²) in [5.74, 6) is -0.950. The van der Waals surface area contributed by atoms with Gasteiger partial charge in [-0.3, -0.25) is 10.1 Å². The van der Waals surface area contributed by atoms with Crippen molar-refractivity contribution in [3.05, 3.63) is 23.7 Å². The zero-order chi connectivity index (χ0) is 12.1. The fraction of sp³-hybridized carbons (Fsp3) is 0.400. The Bertz CT molecular complexity index is 384. The van der Waals surface area contributed by atoms with E-state index in [1.807, 2.05) is 0 Å². The molecule has 6 heteroatoms. The van der Waals surface area contributed by atoms with Crippen LogP contribution in [0.15, 0.2) is 16.7 Å². The highest BCUT2D eigenvalue weighted by Gasteiger charge is 2.13. The quantitative estimate of drug-likeness (QED) is 0.717. The summed E-state index contributed by atoms with van der Waals surface area (Å²) in [6.45, 7) is 1.76. The van der Waals surface area contributed by atoms with E-state index in [1.54, 1.807) is 0 Å². The number of carboxylic acid groups (broad SMARTS) is 1. The van der Waals surface area contributed by atoms with Gasteiger partial charge >= 0.3 is 11.9 Å². The number of furan rings is 1. The number of rotatable bonds is 5. The standard InChI is InChI=1S/C10H13NO5/c1-6(9(12)13)11-4-8-3-7(5-16-8)10(14)15-2/h3,5-6,11H,4H2,1-2H3,(H,12,13). The maximum absolute atomic E-state index is 11.1. The molecule has 2 N–H and O–H groups in total. The van der Waals surface area contributed by atoms with Gasteiger partial charge in [-0.2, -0.15) is 0 Å². The normalized spacial score (nSPS) is 12.1. The van der Waals surface area contributed by atoms with Crippen molar-refractivity contribution in [3.8, 4) is 0 Å². The van der Waals surface area contributed by atoms with Crippen LogP contribution in [0.3, 0.4) is 0 Å². The molecular weight excluding hydrogens is 214 g/mol. The third-order valence-electron chi connectivity index (χ3n) is 2.03. The first-order chi connectivity index (χ1) is 7.54. The molecule has 0 aliphatic rings. The monoisotopic (exact) mass is 227 g/mol. The van der Waals surface area contributed by atoms with E-state index >= 15 is 0 Å². The van der Waals surface area contributed by atoms with Gasteiger partial charge in [0, 0.05) is 0 Å². The molecule has 1 rings (SSSR count). The van der Waals surface area contributed by atoms with Crippen LogP contribution in [0.4, 0.5) is 0 Å². The number of carbonyl (C=O) groups is 2. The van der Waals surface area contributed by atoms with Crippen molar-refractivity contribution < 1.29 is 23.8 Å². The van der Waals surface area contributed by atoms with Crippen LogP contribution in [0.25, 0.3) is 0 Å². The average Bonchev–Trinajstić information content (AvgIpc) is 2.73. The average molecular weight is 227 g/mol. The number of nitrogens with one attached hydrogen (secondary N) is 1. The van der Waals surface area contributed by atoms with Crippen LogP contribution >= 0.6 is 0 Å². The Kier molecular flexibility index (Phi) is 4.07. The van der Waals surface area contributed by atoms with Crippen LogP contribution in [0.2, 0.25) is 0 Å². The first kappa shape index (κ1) is 12.3. The Morgan fingerprint density at radius 3 is 2.88 bits per heavy atom. The van der Waals surface area contributed by atoms with E-state index in [0.717, 1.165) is 0 Å². The summed E-state index contributed by atoms with van der Waals surface area (Å²) >= 11 is 0. The number of methoxy groups -OCH3 is 1. The lowest BCUT2D eigenvalue weighted by molar-refractivity contribution is -0.139. The number of carboxylic acids is 1. The zero-order valence-corrected chi connectivity index (χ0v) is 9.02. The lowest BCUT2D eigenvalue weighted by atomic mass is 10.3. The third kappa shape index (κ3) is 3.09. The molecule has 1 atom stereocenters. The maximum Gasteiger partial charge on any atom is 0.341 e. The summed E-state index contributed by atoms with van der Waals surface area (Å²) in [7, 11) is 1.28. The molecule has 1 unspecified atom stereocenters. The number of hydrogen-bond acceptors (Lipinski definition) is 5. The van der Waals surface area contributed by atoms with Gasteiger partial charge in [0.15, 0.2) is 0 Å². The molecule has 0 aromatic carbocycles. The predicted molar refractivity (Wildman–Crippen MR) is 54.0 cm³/mol. The van der Waals surface area contributed by atoms with Crippen molar-refractivity contribution >= 4 is 11.9 Å². The minimum absolute atomic E-state index is 0.241. The summed E-state index contributed by atoms with van der Waals surface area (Å²) in [4.78, 5) is 21.6. The molecule has 0 amide bonds. The summed E-state index contributed by atoms with van der Waals surface area (Å²) in [6, 6.07) is 0.833. The van der Waals surface area contributed by atoms with Crippen molar-refractivity contribution in [3.63, 3.8) is 0 Å². The van der Waals surface area contributed by atoms with E-state index in [4.69, 9.17) is 9.52 Å². The van der Waals surface area contributed by atoms with E-state index in [1.165, 1.54) is 26.4 Å². The van der Waals surface area contributed by atoms with Crippen molar-refractivity contribution in [2.24, 2.45) is 0 Å². The lowest BCUT2D eigenvalue weighted by Crippen LogP contribution is -2.32. The Hall–Kier alpha value is -1.82. The molecule has 1 heterocycles. The Morgan fingerprint density at radius 2 is 2.31 bits per heavy atom. The molecule has 1 aromatic rings. The van der Waals surface area contributed by atoms with Crippen molar-refractivity contribution in [1.29, 1.82) is 0 Å². The Balaban J connectivity index is 2.53. The second-order valence-electron chi connectivity index (χ2n) is 3.23. The molecule has 0 saturated heterocycles. The molecule has 0 spiro atoms. The number of hydrogen-bond donors (Lipinski definition) is 2. The summed E-state index contributed by atoms with van der Waals surface area (Å²) in [5.41, 5.74) is 0.308. The molecule has 0 aliphatic heterocycles. The van der Waals surface area contributed by atoms with Crippen molar-refractivity contribution in [1.82, 2.24) is 5.32 Å². The molecular formula is C10H13NO5. The van der Waals surface area contributed by atoms with Crippen LogP contribution < -0.4 is 5.32 Å². The van der Waals surface area contributed by atoms with Crippen LogP contribution in [0, 0.1) is 0 Å². The van der Waals surface area contributed by atoms with Gasteiger partial charge in [-0.15, -0.1) is 0 Å². The molecule has 16 heavy (non-hydrogen) atoms. The zero-order valence-electron chi connectivity index (χ0n) is 9.02. The molecule has 88 valence electrons. The number of carbonyl (C=O) groups excluding carboxylic acids is 1. The third-order valence-corrected chi connectivity index (χ3v) is 2.03. The molecule has 0 aliphatic carbocycles. The summed E-state index contributed by atoms with van der Waals surface area (Å²) in [6.07, 6.45) is 1.27. The van der Waals surface area contributed by atoms with Gasteiger partial charge in [0.1, 0.15) is 18.1 Å². The molecule has 0 saturated carbocycles. The van der Waals surface area contributed by atoms with E-state index in [0.29, 0.717) is 11.3 Å². The van der Waals surface area contributed by atoms with Gasteiger partial charge in [0.05, 0.1) is 19.2 Å². The highest BCUT2D eigenvalue weighted by atomic mass is 16.5. The minimum atomic E-state index is -0.945. The fourth-order valence-corrected chi connectivity index (χ4v) is 1.04.